The first-order chi connectivity index (χ1) is 15.0. The van der Waals surface area contributed by atoms with E-state index in [0.717, 1.165) is 24.1 Å². The van der Waals surface area contributed by atoms with Gasteiger partial charge in [0.15, 0.2) is 0 Å². The van der Waals surface area contributed by atoms with E-state index >= 15 is 0 Å². The summed E-state index contributed by atoms with van der Waals surface area (Å²) in [4.78, 5) is 31.8. The minimum Gasteiger partial charge on any atom is -0.348 e. The van der Waals surface area contributed by atoms with Crippen LogP contribution in [0, 0.1) is 12.7 Å². The maximum Gasteiger partial charge on any atom is 0.253 e. The fraction of sp³-hybridized carbons (Fsp3) is 0.304. The lowest BCUT2D eigenvalue weighted by molar-refractivity contribution is -0.133. The third-order valence-electron chi connectivity index (χ3n) is 5.49. The molecule has 8 heteroatoms. The SMILES string of the molecule is Cc1nc([C@@H]2CCCN2C(=O)Cn2cccn2)ccc1C(=O)NCc1ccc(F)cc1. The highest BCUT2D eigenvalue weighted by Gasteiger charge is 2.31. The zero-order valence-corrected chi connectivity index (χ0v) is 17.3. The zero-order valence-electron chi connectivity index (χ0n) is 17.3. The standard InChI is InChI=1S/C23H24FN5O2/c1-16-19(23(31)25-14-17-5-7-18(24)8-6-17)9-10-20(27-16)21-4-2-13-29(21)22(30)15-28-12-3-11-26-28/h3,5-12,21H,2,4,13-15H2,1H3,(H,25,31)/t21-/m0/s1. The Kier molecular flexibility index (Phi) is 6.06. The van der Waals surface area contributed by atoms with Gasteiger partial charge >= 0.3 is 0 Å². The van der Waals surface area contributed by atoms with E-state index in [0.29, 0.717) is 24.3 Å². The quantitative estimate of drug-likeness (QED) is 0.664. The van der Waals surface area contributed by atoms with Crippen molar-refractivity contribution in [1.82, 2.24) is 25.0 Å². The van der Waals surface area contributed by atoms with E-state index in [4.69, 9.17) is 0 Å². The molecule has 4 rings (SSSR count). The highest BCUT2D eigenvalue weighted by molar-refractivity contribution is 5.95. The summed E-state index contributed by atoms with van der Waals surface area (Å²) in [6, 6.07) is 11.3. The summed E-state index contributed by atoms with van der Waals surface area (Å²) >= 11 is 0. The molecule has 0 unspecified atom stereocenters. The van der Waals surface area contributed by atoms with Gasteiger partial charge in [-0.15, -0.1) is 0 Å². The molecule has 3 aromatic rings. The summed E-state index contributed by atoms with van der Waals surface area (Å²) in [6.07, 6.45) is 5.17. The van der Waals surface area contributed by atoms with E-state index in [2.05, 4.69) is 15.4 Å². The molecule has 1 aliphatic rings. The molecular formula is C23H24FN5O2. The molecule has 0 bridgehead atoms. The van der Waals surface area contributed by atoms with Gasteiger partial charge in [0.05, 0.1) is 23.0 Å². The van der Waals surface area contributed by atoms with Gasteiger partial charge in [-0.25, -0.2) is 4.39 Å². The Labute approximate surface area is 179 Å². The molecule has 2 aromatic heterocycles. The van der Waals surface area contributed by atoms with Crippen molar-refractivity contribution in [2.24, 2.45) is 0 Å². The van der Waals surface area contributed by atoms with E-state index in [1.165, 1.54) is 12.1 Å². The first kappa shape index (κ1) is 20.7. The maximum atomic E-state index is 13.0. The van der Waals surface area contributed by atoms with Crippen LogP contribution in [-0.4, -0.2) is 38.0 Å². The topological polar surface area (TPSA) is 80.1 Å². The molecule has 1 aromatic carbocycles. The molecule has 2 amide bonds. The number of amides is 2. The molecule has 160 valence electrons. The molecule has 31 heavy (non-hydrogen) atoms. The molecule has 0 radical (unpaired) electrons. The lowest BCUT2D eigenvalue weighted by atomic mass is 10.1. The predicted octanol–water partition coefficient (Wildman–Crippen LogP) is 3.02. The van der Waals surface area contributed by atoms with Crippen molar-refractivity contribution in [3.05, 3.63) is 83.2 Å². The summed E-state index contributed by atoms with van der Waals surface area (Å²) < 4.78 is 14.6. The number of carbonyl (C=O) groups excluding carboxylic acids is 2. The monoisotopic (exact) mass is 421 g/mol. The predicted molar refractivity (Wildman–Crippen MR) is 112 cm³/mol. The lowest BCUT2D eigenvalue weighted by Gasteiger charge is -2.25. The van der Waals surface area contributed by atoms with Gasteiger partial charge in [-0.05, 0) is 55.7 Å². The second-order valence-corrected chi connectivity index (χ2v) is 7.63. The van der Waals surface area contributed by atoms with Crippen molar-refractivity contribution in [2.45, 2.75) is 38.9 Å². The van der Waals surface area contributed by atoms with Crippen LogP contribution in [0.25, 0.3) is 0 Å². The Balaban J connectivity index is 1.43. The Morgan fingerprint density at radius 2 is 2.00 bits per heavy atom. The normalized spacial score (nSPS) is 15.8. The molecule has 1 atom stereocenters. The number of halogens is 1. The molecule has 0 aliphatic carbocycles. The van der Waals surface area contributed by atoms with Gasteiger partial charge in [0, 0.05) is 25.5 Å². The smallest absolute Gasteiger partial charge is 0.253 e. The van der Waals surface area contributed by atoms with E-state index < -0.39 is 0 Å². The van der Waals surface area contributed by atoms with E-state index in [-0.39, 0.29) is 30.2 Å². The molecule has 1 aliphatic heterocycles. The van der Waals surface area contributed by atoms with Crippen molar-refractivity contribution in [1.29, 1.82) is 0 Å². The van der Waals surface area contributed by atoms with Crippen molar-refractivity contribution < 1.29 is 14.0 Å². The van der Waals surface area contributed by atoms with Gasteiger partial charge in [0.25, 0.3) is 5.91 Å². The molecule has 1 N–H and O–H groups in total. The van der Waals surface area contributed by atoms with Crippen LogP contribution in [0.4, 0.5) is 4.39 Å². The second-order valence-electron chi connectivity index (χ2n) is 7.63. The molecule has 3 heterocycles. The average Bonchev–Trinajstić information content (AvgIpc) is 3.45. The Morgan fingerprint density at radius 1 is 1.19 bits per heavy atom. The minimum atomic E-state index is -0.310. The number of carbonyl (C=O) groups is 2. The van der Waals surface area contributed by atoms with E-state index in [1.54, 1.807) is 48.3 Å². The summed E-state index contributed by atoms with van der Waals surface area (Å²) in [6.45, 7) is 2.98. The molecule has 0 spiro atoms. The summed E-state index contributed by atoms with van der Waals surface area (Å²) in [7, 11) is 0. The van der Waals surface area contributed by atoms with Gasteiger partial charge in [0.1, 0.15) is 12.4 Å². The number of aromatic nitrogens is 3. The van der Waals surface area contributed by atoms with Gasteiger partial charge < -0.3 is 10.2 Å². The summed E-state index contributed by atoms with van der Waals surface area (Å²) in [5.74, 6) is -0.541. The lowest BCUT2D eigenvalue weighted by Crippen LogP contribution is -2.34. The van der Waals surface area contributed by atoms with Crippen LogP contribution < -0.4 is 5.32 Å². The average molecular weight is 421 g/mol. The number of pyridine rings is 1. The number of benzene rings is 1. The molecular weight excluding hydrogens is 397 g/mol. The Hall–Kier alpha value is -3.55. The number of hydrogen-bond acceptors (Lipinski definition) is 4. The van der Waals surface area contributed by atoms with Crippen LogP contribution in [0.3, 0.4) is 0 Å². The third-order valence-corrected chi connectivity index (χ3v) is 5.49. The van der Waals surface area contributed by atoms with Crippen molar-refractivity contribution in [3.63, 3.8) is 0 Å². The van der Waals surface area contributed by atoms with Crippen LogP contribution in [0.2, 0.25) is 0 Å². The maximum absolute atomic E-state index is 13.0. The fourth-order valence-electron chi connectivity index (χ4n) is 3.88. The van der Waals surface area contributed by atoms with Crippen LogP contribution in [-0.2, 0) is 17.9 Å². The second kappa shape index (κ2) is 9.07. The molecule has 0 saturated carbocycles. The Bertz CT molecular complexity index is 1070. The van der Waals surface area contributed by atoms with E-state index in [9.17, 15) is 14.0 Å². The van der Waals surface area contributed by atoms with Crippen LogP contribution in [0.1, 0.15) is 46.2 Å². The first-order valence-electron chi connectivity index (χ1n) is 10.3. The largest absolute Gasteiger partial charge is 0.348 e. The molecule has 1 saturated heterocycles. The van der Waals surface area contributed by atoms with Gasteiger partial charge in [0.2, 0.25) is 5.91 Å². The van der Waals surface area contributed by atoms with Crippen molar-refractivity contribution >= 4 is 11.8 Å². The fourth-order valence-corrected chi connectivity index (χ4v) is 3.88. The number of nitrogens with zero attached hydrogens (tertiary/aromatic N) is 4. The highest BCUT2D eigenvalue weighted by Crippen LogP contribution is 2.31. The van der Waals surface area contributed by atoms with Gasteiger partial charge in [-0.3, -0.25) is 19.3 Å². The van der Waals surface area contributed by atoms with Crippen molar-refractivity contribution in [3.8, 4) is 0 Å². The highest BCUT2D eigenvalue weighted by atomic mass is 19.1. The van der Waals surface area contributed by atoms with Gasteiger partial charge in [-0.1, -0.05) is 12.1 Å². The number of nitrogens with one attached hydrogen (secondary N) is 1. The van der Waals surface area contributed by atoms with E-state index in [1.807, 2.05) is 11.0 Å². The number of hydrogen-bond donors (Lipinski definition) is 1. The molecule has 1 fully saturated rings. The minimum absolute atomic E-state index is 0.00627. The van der Waals surface area contributed by atoms with Crippen LogP contribution in [0.15, 0.2) is 54.9 Å². The third kappa shape index (κ3) is 4.79. The zero-order chi connectivity index (χ0) is 21.8. The summed E-state index contributed by atoms with van der Waals surface area (Å²) in [5.41, 5.74) is 2.70. The van der Waals surface area contributed by atoms with Crippen LogP contribution >= 0.6 is 0 Å². The number of aryl methyl sites for hydroxylation is 1. The molecule has 7 nitrogen and oxygen atoms in total. The Morgan fingerprint density at radius 3 is 2.71 bits per heavy atom. The van der Waals surface area contributed by atoms with Gasteiger partial charge in [-0.2, -0.15) is 5.10 Å². The summed E-state index contributed by atoms with van der Waals surface area (Å²) in [5, 5.41) is 6.95. The van der Waals surface area contributed by atoms with Crippen LogP contribution in [0.5, 0.6) is 0 Å². The first-order valence-corrected chi connectivity index (χ1v) is 10.3. The number of likely N-dealkylation sites (tertiary alicyclic amines) is 1. The van der Waals surface area contributed by atoms with Crippen molar-refractivity contribution in [2.75, 3.05) is 6.54 Å². The number of rotatable bonds is 6.